The van der Waals surface area contributed by atoms with Crippen molar-refractivity contribution in [1.82, 2.24) is 4.90 Å². The van der Waals surface area contributed by atoms with Gasteiger partial charge in [0.15, 0.2) is 0 Å². The summed E-state index contributed by atoms with van der Waals surface area (Å²) in [6.07, 6.45) is 3.61. The number of oxime groups is 1. The Balaban J connectivity index is 2.21. The van der Waals surface area contributed by atoms with Crippen LogP contribution in [-0.2, 0) is 0 Å². The number of hydrogen-bond donors (Lipinski definition) is 1. The van der Waals surface area contributed by atoms with Crippen LogP contribution in [0.2, 0.25) is 0 Å². The van der Waals surface area contributed by atoms with Gasteiger partial charge in [-0.3, -0.25) is 0 Å². The van der Waals surface area contributed by atoms with Crippen LogP contribution in [0.1, 0.15) is 32.6 Å². The predicted molar refractivity (Wildman–Crippen MR) is 58.9 cm³/mol. The van der Waals surface area contributed by atoms with E-state index in [0.29, 0.717) is 12.3 Å². The number of likely N-dealkylation sites (tertiary alicyclic amines) is 1. The molecule has 0 aromatic carbocycles. The fourth-order valence-corrected chi connectivity index (χ4v) is 1.99. The molecule has 1 aliphatic rings. The quantitative estimate of drug-likeness (QED) is 0.436. The Morgan fingerprint density at radius 3 is 3.00 bits per heavy atom. The fourth-order valence-electron chi connectivity index (χ4n) is 1.99. The van der Waals surface area contributed by atoms with Crippen molar-refractivity contribution in [3.63, 3.8) is 0 Å². The second kappa shape index (κ2) is 6.41. The Labute approximate surface area is 91.2 Å². The van der Waals surface area contributed by atoms with Gasteiger partial charge in [-0.15, -0.1) is 0 Å². The van der Waals surface area contributed by atoms with Gasteiger partial charge >= 0.3 is 0 Å². The number of piperidine rings is 1. The van der Waals surface area contributed by atoms with Gasteiger partial charge in [-0.25, -0.2) is 0 Å². The summed E-state index contributed by atoms with van der Waals surface area (Å²) in [6.45, 7) is 5.11. The van der Waals surface area contributed by atoms with E-state index in [9.17, 15) is 0 Å². The minimum atomic E-state index is 0.361. The molecule has 1 saturated heterocycles. The van der Waals surface area contributed by atoms with Gasteiger partial charge in [0.25, 0.3) is 0 Å². The Hall–Kier alpha value is -1.08. The molecule has 84 valence electrons. The molecule has 0 bridgehead atoms. The van der Waals surface area contributed by atoms with Crippen molar-refractivity contribution >= 4 is 5.71 Å². The van der Waals surface area contributed by atoms with Crippen LogP contribution < -0.4 is 0 Å². The van der Waals surface area contributed by atoms with E-state index in [4.69, 9.17) is 10.5 Å². The minimum Gasteiger partial charge on any atom is -0.411 e. The third kappa shape index (κ3) is 3.88. The largest absolute Gasteiger partial charge is 0.411 e. The standard InChI is InChI=1S/C11H19N3O/c1-10-9-14(7-4-2-3-6-12)8-5-11(10)13-15/h10,15H,2-5,7-9H2,1H3. The van der Waals surface area contributed by atoms with Gasteiger partial charge in [0.2, 0.25) is 0 Å². The lowest BCUT2D eigenvalue weighted by Crippen LogP contribution is -2.40. The smallest absolute Gasteiger partial charge is 0.0624 e. The highest BCUT2D eigenvalue weighted by Gasteiger charge is 2.21. The summed E-state index contributed by atoms with van der Waals surface area (Å²) in [4.78, 5) is 2.39. The zero-order valence-corrected chi connectivity index (χ0v) is 9.32. The van der Waals surface area contributed by atoms with Gasteiger partial charge < -0.3 is 10.1 Å². The first kappa shape index (κ1) is 12.0. The molecule has 4 heteroatoms. The van der Waals surface area contributed by atoms with Crippen molar-refractivity contribution in [3.05, 3.63) is 0 Å². The van der Waals surface area contributed by atoms with E-state index in [0.717, 1.165) is 44.6 Å². The first-order chi connectivity index (χ1) is 7.27. The van der Waals surface area contributed by atoms with Gasteiger partial charge in [-0.2, -0.15) is 5.26 Å². The molecule has 1 unspecified atom stereocenters. The zero-order chi connectivity index (χ0) is 11.1. The Morgan fingerprint density at radius 1 is 1.60 bits per heavy atom. The van der Waals surface area contributed by atoms with Crippen LogP contribution in [0.25, 0.3) is 0 Å². The highest BCUT2D eigenvalue weighted by molar-refractivity contribution is 5.86. The van der Waals surface area contributed by atoms with E-state index in [2.05, 4.69) is 23.0 Å². The van der Waals surface area contributed by atoms with Crippen LogP contribution in [0.3, 0.4) is 0 Å². The summed E-state index contributed by atoms with van der Waals surface area (Å²) >= 11 is 0. The van der Waals surface area contributed by atoms with Crippen molar-refractivity contribution < 1.29 is 5.21 Å². The van der Waals surface area contributed by atoms with Crippen molar-refractivity contribution in [2.75, 3.05) is 19.6 Å². The van der Waals surface area contributed by atoms with Crippen LogP contribution >= 0.6 is 0 Å². The van der Waals surface area contributed by atoms with Crippen LogP contribution in [0.4, 0.5) is 0 Å². The molecule has 1 N–H and O–H groups in total. The molecular weight excluding hydrogens is 190 g/mol. The van der Waals surface area contributed by atoms with E-state index in [1.807, 2.05) is 0 Å². The van der Waals surface area contributed by atoms with Gasteiger partial charge in [0.1, 0.15) is 0 Å². The maximum absolute atomic E-state index is 8.73. The molecule has 1 heterocycles. The minimum absolute atomic E-state index is 0.361. The lowest BCUT2D eigenvalue weighted by Gasteiger charge is -2.31. The summed E-state index contributed by atoms with van der Waals surface area (Å²) in [5.41, 5.74) is 0.920. The predicted octanol–water partition coefficient (Wildman–Crippen LogP) is 1.85. The molecule has 0 saturated carbocycles. The average molecular weight is 209 g/mol. The Bertz CT molecular complexity index is 257. The lowest BCUT2D eigenvalue weighted by molar-refractivity contribution is 0.232. The number of hydrogen-bond acceptors (Lipinski definition) is 4. The Morgan fingerprint density at radius 2 is 2.40 bits per heavy atom. The SMILES string of the molecule is CC1CN(CCCCC#N)CCC1=NO. The van der Waals surface area contributed by atoms with Crippen LogP contribution in [-0.4, -0.2) is 35.5 Å². The molecule has 0 spiro atoms. The van der Waals surface area contributed by atoms with Crippen LogP contribution in [0.15, 0.2) is 5.16 Å². The van der Waals surface area contributed by atoms with E-state index < -0.39 is 0 Å². The highest BCUT2D eigenvalue weighted by atomic mass is 16.4. The molecule has 0 aromatic rings. The maximum atomic E-state index is 8.73. The van der Waals surface area contributed by atoms with Crippen molar-refractivity contribution in [2.45, 2.75) is 32.6 Å². The van der Waals surface area contributed by atoms with E-state index in [1.54, 1.807) is 0 Å². The number of rotatable bonds is 4. The first-order valence-electron chi connectivity index (χ1n) is 5.58. The second-order valence-electron chi connectivity index (χ2n) is 4.16. The van der Waals surface area contributed by atoms with E-state index in [-0.39, 0.29) is 0 Å². The summed E-state index contributed by atoms with van der Waals surface area (Å²) in [5.74, 6) is 0.361. The Kier molecular flexibility index (Phi) is 5.13. The molecule has 0 radical (unpaired) electrons. The first-order valence-corrected chi connectivity index (χ1v) is 5.58. The number of nitriles is 1. The van der Waals surface area contributed by atoms with E-state index >= 15 is 0 Å². The monoisotopic (exact) mass is 209 g/mol. The molecule has 1 atom stereocenters. The van der Waals surface area contributed by atoms with Crippen molar-refractivity contribution in [1.29, 1.82) is 5.26 Å². The molecule has 1 aliphatic heterocycles. The molecule has 0 amide bonds. The third-order valence-corrected chi connectivity index (χ3v) is 2.93. The van der Waals surface area contributed by atoms with Gasteiger partial charge in [-0.1, -0.05) is 12.1 Å². The number of unbranched alkanes of at least 4 members (excludes halogenated alkanes) is 2. The summed E-state index contributed by atoms with van der Waals surface area (Å²) < 4.78 is 0. The summed E-state index contributed by atoms with van der Waals surface area (Å²) in [7, 11) is 0. The topological polar surface area (TPSA) is 59.6 Å². The number of nitrogens with zero attached hydrogens (tertiary/aromatic N) is 3. The molecule has 1 rings (SSSR count). The molecule has 0 aromatic heterocycles. The summed E-state index contributed by atoms with van der Waals surface area (Å²) in [6, 6.07) is 2.16. The molecule has 4 nitrogen and oxygen atoms in total. The maximum Gasteiger partial charge on any atom is 0.0624 e. The summed E-state index contributed by atoms with van der Waals surface area (Å²) in [5, 5.41) is 20.5. The van der Waals surface area contributed by atoms with E-state index in [1.165, 1.54) is 0 Å². The zero-order valence-electron chi connectivity index (χ0n) is 9.32. The molecule has 15 heavy (non-hydrogen) atoms. The third-order valence-electron chi connectivity index (χ3n) is 2.93. The van der Waals surface area contributed by atoms with Crippen molar-refractivity contribution in [3.8, 4) is 6.07 Å². The molecular formula is C11H19N3O. The lowest BCUT2D eigenvalue weighted by atomic mass is 9.97. The van der Waals surface area contributed by atoms with Gasteiger partial charge in [-0.05, 0) is 19.4 Å². The average Bonchev–Trinajstić information content (AvgIpc) is 2.25. The van der Waals surface area contributed by atoms with Crippen LogP contribution in [0, 0.1) is 17.2 Å². The molecule has 1 fully saturated rings. The van der Waals surface area contributed by atoms with Gasteiger partial charge in [0, 0.05) is 31.8 Å². The molecule has 0 aliphatic carbocycles. The van der Waals surface area contributed by atoms with Crippen LogP contribution in [0.5, 0.6) is 0 Å². The normalized spacial score (nSPS) is 25.3. The van der Waals surface area contributed by atoms with Crippen molar-refractivity contribution in [2.24, 2.45) is 11.1 Å². The van der Waals surface area contributed by atoms with Gasteiger partial charge in [0.05, 0.1) is 11.8 Å². The second-order valence-corrected chi connectivity index (χ2v) is 4.16. The highest BCUT2D eigenvalue weighted by Crippen LogP contribution is 2.14. The fraction of sp³-hybridized carbons (Fsp3) is 0.818.